The highest BCUT2D eigenvalue weighted by molar-refractivity contribution is 7.18. The van der Waals surface area contributed by atoms with Crippen LogP contribution in [-0.2, 0) is 5.60 Å². The van der Waals surface area contributed by atoms with Gasteiger partial charge in [0.1, 0.15) is 10.6 Å². The number of thiazole rings is 1. The molecule has 0 radical (unpaired) electrons. The molecular weight excluding hydrogens is 218 g/mol. The van der Waals surface area contributed by atoms with E-state index in [1.165, 1.54) is 0 Å². The Bertz CT molecular complexity index is 468. The molecule has 0 aliphatic rings. The first kappa shape index (κ1) is 11.3. The van der Waals surface area contributed by atoms with E-state index in [0.717, 1.165) is 21.6 Å². The average molecular weight is 233 g/mol. The van der Waals surface area contributed by atoms with Gasteiger partial charge in [0.2, 0.25) is 0 Å². The van der Waals surface area contributed by atoms with Crippen LogP contribution in [0.2, 0.25) is 0 Å². The molecule has 0 saturated heterocycles. The zero-order valence-corrected chi connectivity index (χ0v) is 10.1. The minimum Gasteiger partial charge on any atom is -0.383 e. The Morgan fingerprint density at radius 2 is 2.25 bits per heavy atom. The standard InChI is InChI=1S/C13H15NOS/c1-3-4-9-13(2,15)12-14-10-7-5-6-8-11(10)16-12/h3,5-8,15H,1,4,9H2,2H3. The van der Waals surface area contributed by atoms with Crippen LogP contribution < -0.4 is 0 Å². The molecule has 0 amide bonds. The normalized spacial score (nSPS) is 14.9. The third kappa shape index (κ3) is 2.15. The lowest BCUT2D eigenvalue weighted by atomic mass is 10.0. The Balaban J connectivity index is 2.35. The number of aliphatic hydroxyl groups is 1. The fourth-order valence-corrected chi connectivity index (χ4v) is 2.63. The van der Waals surface area contributed by atoms with Crippen molar-refractivity contribution in [1.29, 1.82) is 0 Å². The fourth-order valence-electron chi connectivity index (χ4n) is 1.59. The predicted molar refractivity (Wildman–Crippen MR) is 68.6 cm³/mol. The predicted octanol–water partition coefficient (Wildman–Crippen LogP) is 3.47. The van der Waals surface area contributed by atoms with Crippen LogP contribution in [0.15, 0.2) is 36.9 Å². The Kier molecular flexibility index (Phi) is 3.08. The summed E-state index contributed by atoms with van der Waals surface area (Å²) in [5, 5.41) is 11.1. The third-order valence-electron chi connectivity index (χ3n) is 2.59. The van der Waals surface area contributed by atoms with Gasteiger partial charge in [-0.3, -0.25) is 0 Å². The van der Waals surface area contributed by atoms with Crippen LogP contribution in [0.4, 0.5) is 0 Å². The first-order valence-corrected chi connectivity index (χ1v) is 6.14. The van der Waals surface area contributed by atoms with Crippen molar-refractivity contribution in [2.24, 2.45) is 0 Å². The van der Waals surface area contributed by atoms with Gasteiger partial charge in [0, 0.05) is 0 Å². The summed E-state index contributed by atoms with van der Waals surface area (Å²) >= 11 is 1.56. The molecule has 0 bridgehead atoms. The van der Waals surface area contributed by atoms with Crippen LogP contribution in [0, 0.1) is 0 Å². The molecule has 2 aromatic rings. The van der Waals surface area contributed by atoms with Crippen molar-refractivity contribution in [2.45, 2.75) is 25.4 Å². The number of hydrogen-bond acceptors (Lipinski definition) is 3. The van der Waals surface area contributed by atoms with Gasteiger partial charge in [-0.2, -0.15) is 0 Å². The molecular formula is C13H15NOS. The van der Waals surface area contributed by atoms with Gasteiger partial charge in [-0.1, -0.05) is 18.2 Å². The summed E-state index contributed by atoms with van der Waals surface area (Å²) < 4.78 is 1.12. The minimum absolute atomic E-state index is 0.663. The highest BCUT2D eigenvalue weighted by Gasteiger charge is 2.26. The molecule has 2 rings (SSSR count). The van der Waals surface area contributed by atoms with Crippen LogP contribution in [0.5, 0.6) is 0 Å². The summed E-state index contributed by atoms with van der Waals surface area (Å²) in [7, 11) is 0. The maximum absolute atomic E-state index is 10.3. The van der Waals surface area contributed by atoms with Gasteiger partial charge < -0.3 is 5.11 Å². The lowest BCUT2D eigenvalue weighted by molar-refractivity contribution is 0.0487. The molecule has 0 saturated carbocycles. The van der Waals surface area contributed by atoms with Gasteiger partial charge in [0.15, 0.2) is 0 Å². The second kappa shape index (κ2) is 4.36. The van der Waals surface area contributed by atoms with Crippen LogP contribution in [0.25, 0.3) is 10.2 Å². The number of nitrogens with zero attached hydrogens (tertiary/aromatic N) is 1. The molecule has 84 valence electrons. The molecule has 0 aliphatic heterocycles. The van der Waals surface area contributed by atoms with Gasteiger partial charge in [-0.05, 0) is 31.9 Å². The highest BCUT2D eigenvalue weighted by atomic mass is 32.1. The maximum atomic E-state index is 10.3. The van der Waals surface area contributed by atoms with Crippen LogP contribution in [-0.4, -0.2) is 10.1 Å². The molecule has 0 spiro atoms. The molecule has 1 heterocycles. The summed E-state index contributed by atoms with van der Waals surface area (Å²) in [6.07, 6.45) is 3.28. The van der Waals surface area contributed by atoms with Gasteiger partial charge in [0.05, 0.1) is 10.2 Å². The number of fused-ring (bicyclic) bond motifs is 1. The molecule has 1 atom stereocenters. The summed E-state index contributed by atoms with van der Waals surface area (Å²) in [5.41, 5.74) is 0.110. The van der Waals surface area contributed by atoms with E-state index in [4.69, 9.17) is 0 Å². The van der Waals surface area contributed by atoms with E-state index >= 15 is 0 Å². The van der Waals surface area contributed by atoms with Crippen LogP contribution >= 0.6 is 11.3 Å². The quantitative estimate of drug-likeness (QED) is 0.820. The Morgan fingerprint density at radius 1 is 1.50 bits per heavy atom. The zero-order valence-electron chi connectivity index (χ0n) is 9.31. The van der Waals surface area contributed by atoms with Gasteiger partial charge in [-0.25, -0.2) is 4.98 Å². The molecule has 1 aromatic heterocycles. The largest absolute Gasteiger partial charge is 0.383 e. The molecule has 3 heteroatoms. The van der Waals surface area contributed by atoms with Crippen molar-refractivity contribution in [3.8, 4) is 0 Å². The molecule has 1 N–H and O–H groups in total. The molecule has 1 unspecified atom stereocenters. The van der Waals surface area contributed by atoms with Crippen LogP contribution in [0.3, 0.4) is 0 Å². The first-order valence-electron chi connectivity index (χ1n) is 5.33. The molecule has 2 nitrogen and oxygen atoms in total. The number of allylic oxidation sites excluding steroid dienone is 1. The SMILES string of the molecule is C=CCCC(C)(O)c1nc2ccccc2s1. The van der Waals surface area contributed by atoms with Gasteiger partial charge in [0.25, 0.3) is 0 Å². The zero-order chi connectivity index (χ0) is 11.6. The minimum atomic E-state index is -0.849. The molecule has 0 fully saturated rings. The number of rotatable bonds is 4. The van der Waals surface area contributed by atoms with Crippen molar-refractivity contribution < 1.29 is 5.11 Å². The topological polar surface area (TPSA) is 33.1 Å². The van der Waals surface area contributed by atoms with E-state index in [0.29, 0.717) is 6.42 Å². The summed E-state index contributed by atoms with van der Waals surface area (Å²) in [6, 6.07) is 7.95. The number of hydrogen-bond donors (Lipinski definition) is 1. The van der Waals surface area contributed by atoms with E-state index in [1.807, 2.05) is 37.3 Å². The van der Waals surface area contributed by atoms with E-state index in [1.54, 1.807) is 11.3 Å². The van der Waals surface area contributed by atoms with Gasteiger partial charge >= 0.3 is 0 Å². The lowest BCUT2D eigenvalue weighted by Gasteiger charge is -2.19. The van der Waals surface area contributed by atoms with E-state index in [2.05, 4.69) is 11.6 Å². The van der Waals surface area contributed by atoms with Crippen molar-refractivity contribution in [3.05, 3.63) is 41.9 Å². The Morgan fingerprint density at radius 3 is 2.94 bits per heavy atom. The number of benzene rings is 1. The number of para-hydroxylation sites is 1. The molecule has 0 aliphatic carbocycles. The van der Waals surface area contributed by atoms with E-state index in [-0.39, 0.29) is 0 Å². The molecule has 1 aromatic carbocycles. The van der Waals surface area contributed by atoms with E-state index < -0.39 is 5.60 Å². The van der Waals surface area contributed by atoms with Gasteiger partial charge in [-0.15, -0.1) is 17.9 Å². The smallest absolute Gasteiger partial charge is 0.125 e. The lowest BCUT2D eigenvalue weighted by Crippen LogP contribution is -2.20. The second-order valence-electron chi connectivity index (χ2n) is 4.09. The summed E-state index contributed by atoms with van der Waals surface area (Å²) in [4.78, 5) is 4.47. The second-order valence-corrected chi connectivity index (χ2v) is 5.12. The first-order chi connectivity index (χ1) is 7.63. The number of aromatic nitrogens is 1. The van der Waals surface area contributed by atoms with Crippen molar-refractivity contribution in [3.63, 3.8) is 0 Å². The highest BCUT2D eigenvalue weighted by Crippen LogP contribution is 2.32. The molecule has 16 heavy (non-hydrogen) atoms. The summed E-state index contributed by atoms with van der Waals surface area (Å²) in [5.74, 6) is 0. The average Bonchev–Trinajstić information content (AvgIpc) is 2.71. The maximum Gasteiger partial charge on any atom is 0.125 e. The Hall–Kier alpha value is -1.19. The van der Waals surface area contributed by atoms with E-state index in [9.17, 15) is 5.11 Å². The fraction of sp³-hybridized carbons (Fsp3) is 0.308. The summed E-state index contributed by atoms with van der Waals surface area (Å²) in [6.45, 7) is 5.49. The Labute approximate surface area is 99.3 Å². The van der Waals surface area contributed by atoms with Crippen LogP contribution in [0.1, 0.15) is 24.8 Å². The monoisotopic (exact) mass is 233 g/mol. The van der Waals surface area contributed by atoms with Crippen molar-refractivity contribution >= 4 is 21.6 Å². The van der Waals surface area contributed by atoms with Crippen molar-refractivity contribution in [1.82, 2.24) is 4.98 Å². The van der Waals surface area contributed by atoms with Crippen molar-refractivity contribution in [2.75, 3.05) is 0 Å². The third-order valence-corrected chi connectivity index (χ3v) is 3.88.